The maximum atomic E-state index is 10.9. The first-order valence-corrected chi connectivity index (χ1v) is 11.6. The topological polar surface area (TPSA) is 276 Å². The summed E-state index contributed by atoms with van der Waals surface area (Å²) in [4.78, 5) is 15.5. The second-order valence-electron chi connectivity index (χ2n) is 8.78. The van der Waals surface area contributed by atoms with E-state index in [9.17, 15) is 45.6 Å². The van der Waals surface area contributed by atoms with Gasteiger partial charge in [-0.15, -0.1) is 0 Å². The lowest BCUT2D eigenvalue weighted by atomic mass is 9.86. The van der Waals surface area contributed by atoms with Crippen molar-refractivity contribution in [2.45, 2.75) is 99.7 Å². The Morgan fingerprint density at radius 1 is 1.05 bits per heavy atom. The summed E-state index contributed by atoms with van der Waals surface area (Å²) in [7, 11) is 0. The summed E-state index contributed by atoms with van der Waals surface area (Å²) in [5.74, 6) is 0. The van der Waals surface area contributed by atoms with Gasteiger partial charge in [0.05, 0.1) is 30.9 Å². The number of hydrogen-bond acceptors (Lipinski definition) is 18. The maximum Gasteiger partial charge on any atom is 0.187 e. The number of aliphatic hydroxyl groups is 8. The Labute approximate surface area is 215 Å². The quantitative estimate of drug-likeness (QED) is 0.0295. The van der Waals surface area contributed by atoms with Gasteiger partial charge in [-0.3, -0.25) is 0 Å². The van der Waals surface area contributed by atoms with Crippen LogP contribution in [0.5, 0.6) is 0 Å². The van der Waals surface area contributed by atoms with Crippen LogP contribution in [0.15, 0.2) is 11.6 Å². The van der Waals surface area contributed by atoms with Crippen LogP contribution < -0.4 is 5.32 Å². The molecular weight excluding hydrogens is 526 g/mol. The lowest BCUT2D eigenvalue weighted by Gasteiger charge is -2.46. The summed E-state index contributed by atoms with van der Waals surface area (Å²) in [5.41, 5.74) is -0.00596. The Hall–Kier alpha value is -1.27. The Balaban J connectivity index is 2.13. The van der Waals surface area contributed by atoms with E-state index < -0.39 is 86.0 Å². The van der Waals surface area contributed by atoms with E-state index in [-0.39, 0.29) is 18.3 Å². The van der Waals surface area contributed by atoms with E-state index in [1.807, 2.05) is 0 Å². The predicted molar refractivity (Wildman–Crippen MR) is 115 cm³/mol. The van der Waals surface area contributed by atoms with Gasteiger partial charge in [0, 0.05) is 0 Å². The largest absolute Gasteiger partial charge is 0.392 e. The summed E-state index contributed by atoms with van der Waals surface area (Å²) in [6.45, 7) is 2.33. The van der Waals surface area contributed by atoms with Crippen LogP contribution in [-0.4, -0.2) is 138 Å². The highest BCUT2D eigenvalue weighted by atomic mass is 17.8. The van der Waals surface area contributed by atoms with Gasteiger partial charge in [0.2, 0.25) is 0 Å². The fourth-order valence-electron chi connectivity index (χ4n) is 4.18. The molecule has 0 bridgehead atoms. The van der Waals surface area contributed by atoms with Crippen molar-refractivity contribution < 1.29 is 85.4 Å². The molecule has 222 valence electrons. The highest BCUT2D eigenvalue weighted by Crippen LogP contribution is 2.28. The molecule has 0 spiro atoms. The van der Waals surface area contributed by atoms with Gasteiger partial charge in [-0.2, -0.15) is 4.89 Å². The van der Waals surface area contributed by atoms with Gasteiger partial charge in [0.15, 0.2) is 12.6 Å². The van der Waals surface area contributed by atoms with Crippen molar-refractivity contribution in [3.63, 3.8) is 0 Å². The highest BCUT2D eigenvalue weighted by Gasteiger charge is 2.48. The Morgan fingerprint density at radius 3 is 2.32 bits per heavy atom. The highest BCUT2D eigenvalue weighted by molar-refractivity contribution is 5.56. The van der Waals surface area contributed by atoms with E-state index >= 15 is 0 Å². The van der Waals surface area contributed by atoms with Crippen LogP contribution >= 0.6 is 0 Å². The molecule has 10 N–H and O–H groups in total. The van der Waals surface area contributed by atoms with Crippen LogP contribution in [0.4, 0.5) is 0 Å². The standard InChI is InChI=1S/C20H35NO17/c1-3-10(24)19(14(27)11(25)6-23)33-20-17(30)15(28)12(7(2)32-20)21-9-4-8(5-22)18(16(29)13(9)26)34-36-38-37-35-31/h4,6-7,9-22,24-31H,3,5H2,1-2H3. The number of rotatable bonds is 15. The van der Waals surface area contributed by atoms with Crippen LogP contribution in [-0.2, 0) is 39.3 Å². The van der Waals surface area contributed by atoms with E-state index in [4.69, 9.17) is 14.7 Å². The molecule has 2 aliphatic rings. The second kappa shape index (κ2) is 15.5. The average Bonchev–Trinajstić information content (AvgIpc) is 2.91. The van der Waals surface area contributed by atoms with Crippen LogP contribution in [0.3, 0.4) is 0 Å². The molecule has 0 aromatic heterocycles. The van der Waals surface area contributed by atoms with E-state index in [1.54, 1.807) is 6.92 Å². The molecule has 1 aliphatic carbocycles. The first kappa shape index (κ1) is 32.9. The van der Waals surface area contributed by atoms with Crippen molar-refractivity contribution in [3.05, 3.63) is 11.6 Å². The molecule has 1 aliphatic heterocycles. The molecule has 18 heteroatoms. The Morgan fingerprint density at radius 2 is 1.74 bits per heavy atom. The van der Waals surface area contributed by atoms with Gasteiger partial charge in [0.25, 0.3) is 0 Å². The van der Waals surface area contributed by atoms with Crippen molar-refractivity contribution in [1.29, 1.82) is 0 Å². The van der Waals surface area contributed by atoms with Gasteiger partial charge in [-0.05, 0) is 39.1 Å². The second-order valence-corrected chi connectivity index (χ2v) is 8.78. The minimum atomic E-state index is -1.90. The summed E-state index contributed by atoms with van der Waals surface area (Å²) in [6.07, 6.45) is -16.1. The van der Waals surface area contributed by atoms with Crippen LogP contribution in [0.1, 0.15) is 20.3 Å². The van der Waals surface area contributed by atoms with Crippen molar-refractivity contribution in [1.82, 2.24) is 5.32 Å². The third-order valence-electron chi connectivity index (χ3n) is 6.35. The van der Waals surface area contributed by atoms with E-state index in [1.165, 1.54) is 13.0 Å². The van der Waals surface area contributed by atoms with Crippen LogP contribution in [0, 0.1) is 0 Å². The molecule has 38 heavy (non-hydrogen) atoms. The molecule has 1 saturated heterocycles. The third kappa shape index (κ3) is 7.90. The van der Waals surface area contributed by atoms with Gasteiger partial charge in [-0.1, -0.05) is 13.0 Å². The number of carbonyl (C=O) groups excluding carboxylic acids is 1. The SMILES string of the molecule is CCC(O)C(OC1OC(C)C(NC2C=C(CO)C(OOOOOO)C(O)C2O)C(O)C1O)C(O)C(O)C=O. The molecule has 1 heterocycles. The minimum Gasteiger partial charge on any atom is -0.392 e. The molecule has 13 unspecified atom stereocenters. The summed E-state index contributed by atoms with van der Waals surface area (Å²) >= 11 is 0. The zero-order valence-corrected chi connectivity index (χ0v) is 20.4. The lowest BCUT2D eigenvalue weighted by molar-refractivity contribution is -0.756. The smallest absolute Gasteiger partial charge is 0.187 e. The molecule has 13 atom stereocenters. The van der Waals surface area contributed by atoms with Gasteiger partial charge < -0.3 is 60.4 Å². The van der Waals surface area contributed by atoms with Crippen LogP contribution in [0.25, 0.3) is 0 Å². The molecule has 0 aromatic rings. The van der Waals surface area contributed by atoms with Crippen molar-refractivity contribution in [3.8, 4) is 0 Å². The monoisotopic (exact) mass is 561 g/mol. The zero-order valence-electron chi connectivity index (χ0n) is 20.4. The third-order valence-corrected chi connectivity index (χ3v) is 6.35. The summed E-state index contributed by atoms with van der Waals surface area (Å²) in [6, 6.07) is -2.22. The number of aliphatic hydroxyl groups excluding tert-OH is 8. The molecule has 0 aromatic carbocycles. The van der Waals surface area contributed by atoms with Crippen LogP contribution in [0.2, 0.25) is 0 Å². The molecule has 18 nitrogen and oxygen atoms in total. The summed E-state index contributed by atoms with van der Waals surface area (Å²) in [5, 5.41) is 107. The molecule has 0 amide bonds. The fourth-order valence-corrected chi connectivity index (χ4v) is 4.18. The van der Waals surface area contributed by atoms with E-state index in [0.717, 1.165) is 0 Å². The normalized spacial score (nSPS) is 37.2. The fraction of sp³-hybridized carbons (Fsp3) is 0.850. The predicted octanol–water partition coefficient (Wildman–Crippen LogP) is -4.90. The first-order valence-electron chi connectivity index (χ1n) is 11.6. The van der Waals surface area contributed by atoms with Crippen molar-refractivity contribution in [2.24, 2.45) is 0 Å². The van der Waals surface area contributed by atoms with Gasteiger partial charge >= 0.3 is 0 Å². The molecule has 0 saturated carbocycles. The van der Waals surface area contributed by atoms with Gasteiger partial charge in [-0.25, -0.2) is 5.26 Å². The molecule has 0 radical (unpaired) electrons. The number of carbonyl (C=O) groups is 1. The van der Waals surface area contributed by atoms with Gasteiger partial charge in [0.1, 0.15) is 48.8 Å². The zero-order chi connectivity index (χ0) is 28.6. The molecule has 2 rings (SSSR count). The van der Waals surface area contributed by atoms with Crippen molar-refractivity contribution in [2.75, 3.05) is 6.61 Å². The average molecular weight is 561 g/mol. The number of ether oxygens (including phenoxy) is 2. The Kier molecular flexibility index (Phi) is 13.4. The number of nitrogens with one attached hydrogen (secondary N) is 1. The minimum absolute atomic E-state index is 0.00596. The Bertz CT molecular complexity index is 744. The first-order chi connectivity index (χ1) is 18.0. The van der Waals surface area contributed by atoms with E-state index in [0.29, 0.717) is 0 Å². The maximum absolute atomic E-state index is 10.9. The van der Waals surface area contributed by atoms with Crippen molar-refractivity contribution >= 4 is 6.29 Å². The lowest BCUT2D eigenvalue weighted by Crippen LogP contribution is -2.67. The molecular formula is C20H35NO17. The summed E-state index contributed by atoms with van der Waals surface area (Å²) < 4.78 is 11.1. The molecule has 1 fully saturated rings. The number of aldehydes is 1. The number of hydrogen-bond donors (Lipinski definition) is 10. The van der Waals surface area contributed by atoms with E-state index in [2.05, 4.69) is 30.4 Å².